The molecule has 0 saturated heterocycles. The summed E-state index contributed by atoms with van der Waals surface area (Å²) in [5, 5.41) is 0.686. The average Bonchev–Trinajstić information content (AvgIpc) is 2.62. The van der Waals surface area contributed by atoms with E-state index in [0.29, 0.717) is 11.2 Å². The molecule has 0 radical (unpaired) electrons. The Morgan fingerprint density at radius 1 is 1.38 bits per heavy atom. The summed E-state index contributed by atoms with van der Waals surface area (Å²) in [7, 11) is 3.75. The topological polar surface area (TPSA) is 43.1 Å². The molecule has 0 heterocycles. The number of amides is 1. The second kappa shape index (κ2) is 3.73. The SMILES string of the molecule is CSS[C@@H]1CC2CC1[C@@H](C(N)=O)C2. The van der Waals surface area contributed by atoms with Gasteiger partial charge in [0.2, 0.25) is 5.91 Å². The van der Waals surface area contributed by atoms with E-state index in [2.05, 4.69) is 6.26 Å². The fourth-order valence-electron chi connectivity index (χ4n) is 2.85. The number of hydrogen-bond donors (Lipinski definition) is 1. The van der Waals surface area contributed by atoms with Gasteiger partial charge in [0.05, 0.1) is 0 Å². The van der Waals surface area contributed by atoms with Gasteiger partial charge >= 0.3 is 0 Å². The molecule has 2 unspecified atom stereocenters. The monoisotopic (exact) mass is 217 g/mol. The average molecular weight is 217 g/mol. The first-order valence-corrected chi connectivity index (χ1v) is 7.33. The number of nitrogens with two attached hydrogens (primary N) is 1. The molecule has 0 aromatic rings. The van der Waals surface area contributed by atoms with Gasteiger partial charge in [-0.15, -0.1) is 0 Å². The third-order valence-corrected chi connectivity index (χ3v) is 5.64. The van der Waals surface area contributed by atoms with Gasteiger partial charge in [0.1, 0.15) is 0 Å². The van der Waals surface area contributed by atoms with Crippen molar-refractivity contribution in [3.63, 3.8) is 0 Å². The largest absolute Gasteiger partial charge is 0.369 e. The van der Waals surface area contributed by atoms with Crippen LogP contribution in [0.2, 0.25) is 0 Å². The number of hydrogen-bond acceptors (Lipinski definition) is 3. The fraction of sp³-hybridized carbons (Fsp3) is 0.889. The Bertz CT molecular complexity index is 222. The Labute approximate surface area is 86.8 Å². The Balaban J connectivity index is 2.02. The van der Waals surface area contributed by atoms with E-state index in [4.69, 9.17) is 5.73 Å². The Morgan fingerprint density at radius 3 is 2.69 bits per heavy atom. The van der Waals surface area contributed by atoms with Crippen LogP contribution in [-0.4, -0.2) is 17.4 Å². The van der Waals surface area contributed by atoms with Gasteiger partial charge in [-0.25, -0.2) is 0 Å². The molecule has 13 heavy (non-hydrogen) atoms. The lowest BCUT2D eigenvalue weighted by molar-refractivity contribution is -0.123. The van der Waals surface area contributed by atoms with Crippen molar-refractivity contribution in [3.8, 4) is 0 Å². The molecule has 1 amide bonds. The highest BCUT2D eigenvalue weighted by molar-refractivity contribution is 8.76. The minimum atomic E-state index is -0.0705. The van der Waals surface area contributed by atoms with Crippen LogP contribution in [0.1, 0.15) is 19.3 Å². The Morgan fingerprint density at radius 2 is 2.15 bits per heavy atom. The zero-order chi connectivity index (χ0) is 9.42. The van der Waals surface area contributed by atoms with Crippen LogP contribution < -0.4 is 5.73 Å². The van der Waals surface area contributed by atoms with Crippen molar-refractivity contribution in [2.75, 3.05) is 6.26 Å². The van der Waals surface area contributed by atoms with E-state index < -0.39 is 0 Å². The van der Waals surface area contributed by atoms with Gasteiger partial charge in [0.25, 0.3) is 0 Å². The van der Waals surface area contributed by atoms with Crippen molar-refractivity contribution in [2.24, 2.45) is 23.5 Å². The van der Waals surface area contributed by atoms with Gasteiger partial charge < -0.3 is 5.73 Å². The number of carbonyl (C=O) groups is 1. The normalized spacial score (nSPS) is 42.5. The molecule has 4 heteroatoms. The van der Waals surface area contributed by atoms with E-state index >= 15 is 0 Å². The highest BCUT2D eigenvalue weighted by Gasteiger charge is 2.48. The van der Waals surface area contributed by atoms with Crippen LogP contribution in [0.15, 0.2) is 0 Å². The summed E-state index contributed by atoms with van der Waals surface area (Å²) in [6.07, 6.45) is 5.72. The molecule has 4 atom stereocenters. The molecule has 74 valence electrons. The lowest BCUT2D eigenvalue weighted by Gasteiger charge is -2.25. The van der Waals surface area contributed by atoms with Crippen LogP contribution in [0.25, 0.3) is 0 Å². The lowest BCUT2D eigenvalue weighted by atomic mass is 9.88. The summed E-state index contributed by atoms with van der Waals surface area (Å²) in [6, 6.07) is 0. The first-order valence-electron chi connectivity index (χ1n) is 4.71. The van der Waals surface area contributed by atoms with Gasteiger partial charge in [0.15, 0.2) is 0 Å². The molecule has 2 bridgehead atoms. The predicted octanol–water partition coefficient (Wildman–Crippen LogP) is 1.90. The second-order valence-electron chi connectivity index (χ2n) is 4.05. The molecule has 2 rings (SSSR count). The van der Waals surface area contributed by atoms with Crippen LogP contribution in [0.3, 0.4) is 0 Å². The van der Waals surface area contributed by atoms with Crippen molar-refractivity contribution < 1.29 is 4.79 Å². The minimum absolute atomic E-state index is 0.0705. The lowest BCUT2D eigenvalue weighted by Crippen LogP contribution is -2.32. The van der Waals surface area contributed by atoms with Gasteiger partial charge in [-0.2, -0.15) is 0 Å². The van der Waals surface area contributed by atoms with Crippen molar-refractivity contribution in [1.29, 1.82) is 0 Å². The summed E-state index contributed by atoms with van der Waals surface area (Å²) in [5.74, 6) is 1.48. The van der Waals surface area contributed by atoms with Crippen molar-refractivity contribution in [2.45, 2.75) is 24.5 Å². The highest BCUT2D eigenvalue weighted by Crippen LogP contribution is 2.54. The number of primary amides is 1. The zero-order valence-electron chi connectivity index (χ0n) is 7.73. The van der Waals surface area contributed by atoms with Gasteiger partial charge in [-0.05, 0) is 37.4 Å². The van der Waals surface area contributed by atoms with Gasteiger partial charge in [0, 0.05) is 11.2 Å². The van der Waals surface area contributed by atoms with E-state index in [9.17, 15) is 4.79 Å². The summed E-state index contributed by atoms with van der Waals surface area (Å²) in [5.41, 5.74) is 5.39. The fourth-order valence-corrected chi connectivity index (χ4v) is 5.29. The molecule has 0 aromatic heterocycles. The quantitative estimate of drug-likeness (QED) is 0.734. The van der Waals surface area contributed by atoms with E-state index in [1.807, 2.05) is 21.6 Å². The van der Waals surface area contributed by atoms with Crippen LogP contribution in [0.4, 0.5) is 0 Å². The van der Waals surface area contributed by atoms with E-state index in [1.165, 1.54) is 12.8 Å². The maximum atomic E-state index is 11.1. The first-order chi connectivity index (χ1) is 6.22. The Kier molecular flexibility index (Phi) is 2.79. The third-order valence-electron chi connectivity index (χ3n) is 3.34. The summed E-state index contributed by atoms with van der Waals surface area (Å²) in [4.78, 5) is 11.1. The summed E-state index contributed by atoms with van der Waals surface area (Å²) in [6.45, 7) is 0. The number of carbonyl (C=O) groups excluding carboxylic acids is 1. The predicted molar refractivity (Wildman–Crippen MR) is 58.4 cm³/mol. The highest BCUT2D eigenvalue weighted by atomic mass is 33.1. The van der Waals surface area contributed by atoms with Crippen molar-refractivity contribution in [3.05, 3.63) is 0 Å². The van der Waals surface area contributed by atoms with Crippen LogP contribution >= 0.6 is 21.6 Å². The van der Waals surface area contributed by atoms with Crippen molar-refractivity contribution in [1.82, 2.24) is 0 Å². The molecule has 2 fully saturated rings. The molecule has 2 saturated carbocycles. The van der Waals surface area contributed by atoms with Crippen LogP contribution in [0.5, 0.6) is 0 Å². The van der Waals surface area contributed by atoms with E-state index in [0.717, 1.165) is 12.3 Å². The molecular weight excluding hydrogens is 202 g/mol. The maximum absolute atomic E-state index is 11.1. The first kappa shape index (κ1) is 9.71. The zero-order valence-corrected chi connectivity index (χ0v) is 9.37. The molecule has 2 aliphatic rings. The molecule has 2 nitrogen and oxygen atoms in total. The van der Waals surface area contributed by atoms with Crippen LogP contribution in [0, 0.1) is 17.8 Å². The number of fused-ring (bicyclic) bond motifs is 2. The molecule has 0 aliphatic heterocycles. The van der Waals surface area contributed by atoms with E-state index in [-0.39, 0.29) is 11.8 Å². The summed E-state index contributed by atoms with van der Waals surface area (Å²) >= 11 is 0. The standard InChI is InChI=1S/C9H15NOS2/c1-12-13-8-4-5-2-6(8)7(3-5)9(10)11/h5-8H,2-4H2,1H3,(H2,10,11)/t5?,6?,7-,8+/m0/s1. The van der Waals surface area contributed by atoms with Gasteiger partial charge in [-0.3, -0.25) is 4.79 Å². The minimum Gasteiger partial charge on any atom is -0.369 e. The summed E-state index contributed by atoms with van der Waals surface area (Å²) < 4.78 is 0. The molecule has 2 N–H and O–H groups in total. The number of rotatable bonds is 3. The smallest absolute Gasteiger partial charge is 0.220 e. The Hall–Kier alpha value is 0.170. The maximum Gasteiger partial charge on any atom is 0.220 e. The molecule has 2 aliphatic carbocycles. The van der Waals surface area contributed by atoms with Gasteiger partial charge in [-0.1, -0.05) is 21.6 Å². The van der Waals surface area contributed by atoms with E-state index in [1.54, 1.807) is 0 Å². The molecule has 0 spiro atoms. The van der Waals surface area contributed by atoms with Crippen LogP contribution in [-0.2, 0) is 4.79 Å². The van der Waals surface area contributed by atoms with Crippen molar-refractivity contribution >= 4 is 27.5 Å². The molecule has 0 aromatic carbocycles. The molecular formula is C9H15NOS2. The second-order valence-corrected chi connectivity index (χ2v) is 6.76. The third kappa shape index (κ3) is 1.71.